The molecule has 1 aliphatic rings. The first-order chi connectivity index (χ1) is 12.0. The summed E-state index contributed by atoms with van der Waals surface area (Å²) in [5.41, 5.74) is 1.83. The molecule has 0 radical (unpaired) electrons. The molecule has 0 N–H and O–H groups in total. The number of allylic oxidation sites excluding steroid dienone is 1. The van der Waals surface area contributed by atoms with E-state index in [2.05, 4.69) is 5.10 Å². The number of rotatable bonds is 4. The summed E-state index contributed by atoms with van der Waals surface area (Å²) in [6, 6.07) is 14.1. The number of hydrazone groups is 1. The highest BCUT2D eigenvalue weighted by Crippen LogP contribution is 2.25. The third-order valence-electron chi connectivity index (χ3n) is 3.80. The van der Waals surface area contributed by atoms with Crippen molar-refractivity contribution in [1.29, 1.82) is 0 Å². The number of para-hydroxylation sites is 1. The third-order valence-corrected chi connectivity index (χ3v) is 4.54. The van der Waals surface area contributed by atoms with Crippen LogP contribution in [0, 0.1) is 5.92 Å². The van der Waals surface area contributed by atoms with E-state index in [-0.39, 0.29) is 11.7 Å². The van der Waals surface area contributed by atoms with Gasteiger partial charge < -0.3 is 0 Å². The summed E-state index contributed by atoms with van der Waals surface area (Å²) in [6.07, 6.45) is 2.98. The van der Waals surface area contributed by atoms with Crippen molar-refractivity contribution >= 4 is 52.4 Å². The first-order valence-corrected chi connectivity index (χ1v) is 8.34. The fourth-order valence-corrected chi connectivity index (χ4v) is 2.84. The zero-order chi connectivity index (χ0) is 18.0. The second-order valence-electron chi connectivity index (χ2n) is 5.57. The maximum Gasteiger partial charge on any atom is 0.264 e. The van der Waals surface area contributed by atoms with Gasteiger partial charge in [-0.25, -0.2) is 0 Å². The molecule has 2 aromatic carbocycles. The Morgan fingerprint density at radius 1 is 1.12 bits per heavy atom. The van der Waals surface area contributed by atoms with E-state index < -0.39 is 5.92 Å². The van der Waals surface area contributed by atoms with Crippen LogP contribution in [-0.2, 0) is 9.59 Å². The average Bonchev–Trinajstić information content (AvgIpc) is 2.91. The van der Waals surface area contributed by atoms with Crippen molar-refractivity contribution < 1.29 is 9.59 Å². The predicted octanol–water partition coefficient (Wildman–Crippen LogP) is 4.61. The van der Waals surface area contributed by atoms with Crippen molar-refractivity contribution in [2.24, 2.45) is 11.0 Å². The molecule has 0 spiro atoms. The first-order valence-electron chi connectivity index (χ1n) is 7.58. The monoisotopic (exact) mass is 372 g/mol. The summed E-state index contributed by atoms with van der Waals surface area (Å²) in [4.78, 5) is 25.1. The lowest BCUT2D eigenvalue weighted by molar-refractivity contribution is -0.126. The van der Waals surface area contributed by atoms with Crippen LogP contribution >= 0.6 is 23.2 Å². The molecule has 0 bridgehead atoms. The van der Waals surface area contributed by atoms with Crippen LogP contribution in [0.25, 0.3) is 6.08 Å². The van der Waals surface area contributed by atoms with Crippen LogP contribution in [0.5, 0.6) is 0 Å². The van der Waals surface area contributed by atoms with Crippen LogP contribution < -0.4 is 5.01 Å². The van der Waals surface area contributed by atoms with E-state index in [1.807, 2.05) is 18.2 Å². The number of anilines is 1. The van der Waals surface area contributed by atoms with Gasteiger partial charge in [0.15, 0.2) is 5.78 Å². The highest BCUT2D eigenvalue weighted by atomic mass is 35.5. The predicted molar refractivity (Wildman–Crippen MR) is 101 cm³/mol. The average molecular weight is 373 g/mol. The number of hydrogen-bond donors (Lipinski definition) is 0. The standard InChI is InChI=1S/C19H14Cl2N2O2/c1-12-18(19(25)23(22-12)14-5-3-2-4-6-14)17(24)10-8-13-7-9-15(20)16(21)11-13/h2-11,18H,1H3. The van der Waals surface area contributed by atoms with E-state index in [4.69, 9.17) is 23.2 Å². The van der Waals surface area contributed by atoms with Crippen molar-refractivity contribution in [2.75, 3.05) is 5.01 Å². The summed E-state index contributed by atoms with van der Waals surface area (Å²) in [6.45, 7) is 1.68. The number of nitrogens with zero attached hydrogens (tertiary/aromatic N) is 2. The van der Waals surface area contributed by atoms with Gasteiger partial charge in [-0.15, -0.1) is 0 Å². The van der Waals surface area contributed by atoms with Crippen molar-refractivity contribution in [3.63, 3.8) is 0 Å². The lowest BCUT2D eigenvalue weighted by Crippen LogP contribution is -2.31. The third kappa shape index (κ3) is 3.65. The van der Waals surface area contributed by atoms with E-state index in [1.54, 1.807) is 43.3 Å². The van der Waals surface area contributed by atoms with E-state index in [0.29, 0.717) is 21.4 Å². The molecule has 1 aliphatic heterocycles. The Bertz CT molecular complexity index is 892. The minimum atomic E-state index is -0.903. The Balaban J connectivity index is 1.78. The molecule has 3 rings (SSSR count). The number of hydrogen-bond acceptors (Lipinski definition) is 3. The zero-order valence-electron chi connectivity index (χ0n) is 13.3. The smallest absolute Gasteiger partial charge is 0.264 e. The molecule has 6 heteroatoms. The number of ketones is 1. The van der Waals surface area contributed by atoms with Crippen LogP contribution in [0.4, 0.5) is 5.69 Å². The van der Waals surface area contributed by atoms with Gasteiger partial charge in [0.2, 0.25) is 0 Å². The minimum Gasteiger partial charge on any atom is -0.294 e. The van der Waals surface area contributed by atoms with Crippen molar-refractivity contribution in [2.45, 2.75) is 6.92 Å². The van der Waals surface area contributed by atoms with Gasteiger partial charge in [-0.05, 0) is 42.8 Å². The van der Waals surface area contributed by atoms with E-state index in [0.717, 1.165) is 5.56 Å². The number of carbonyl (C=O) groups is 2. The van der Waals surface area contributed by atoms with Gasteiger partial charge in [0.25, 0.3) is 5.91 Å². The van der Waals surface area contributed by atoms with Crippen LogP contribution in [0.15, 0.2) is 59.7 Å². The molecule has 1 heterocycles. The summed E-state index contributed by atoms with van der Waals surface area (Å²) < 4.78 is 0. The molecule has 1 atom stereocenters. The van der Waals surface area contributed by atoms with E-state index in [9.17, 15) is 9.59 Å². The highest BCUT2D eigenvalue weighted by molar-refractivity contribution is 6.42. The van der Waals surface area contributed by atoms with Gasteiger partial charge in [-0.1, -0.05) is 53.5 Å². The maximum absolute atomic E-state index is 12.6. The van der Waals surface area contributed by atoms with Gasteiger partial charge in [-0.3, -0.25) is 9.59 Å². The quantitative estimate of drug-likeness (QED) is 0.580. The van der Waals surface area contributed by atoms with Gasteiger partial charge >= 0.3 is 0 Å². The van der Waals surface area contributed by atoms with Crippen LogP contribution in [0.3, 0.4) is 0 Å². The number of amides is 1. The largest absolute Gasteiger partial charge is 0.294 e. The van der Waals surface area contributed by atoms with E-state index >= 15 is 0 Å². The van der Waals surface area contributed by atoms with Crippen LogP contribution in [0.2, 0.25) is 10.0 Å². The SMILES string of the molecule is CC1=NN(c2ccccc2)C(=O)C1C(=O)C=Cc1ccc(Cl)c(Cl)c1. The Labute approximate surface area is 155 Å². The van der Waals surface area contributed by atoms with Crippen molar-refractivity contribution in [1.82, 2.24) is 0 Å². The summed E-state index contributed by atoms with van der Waals surface area (Å²) in [5, 5.41) is 6.34. The fourth-order valence-electron chi connectivity index (χ4n) is 2.54. The van der Waals surface area contributed by atoms with Gasteiger partial charge in [0.05, 0.1) is 21.4 Å². The Kier molecular flexibility index (Phi) is 5.02. The fraction of sp³-hybridized carbons (Fsp3) is 0.105. The molecule has 0 saturated carbocycles. The van der Waals surface area contributed by atoms with Crippen molar-refractivity contribution in [3.8, 4) is 0 Å². The molecule has 1 amide bonds. The number of benzene rings is 2. The second-order valence-corrected chi connectivity index (χ2v) is 6.38. The second kappa shape index (κ2) is 7.21. The summed E-state index contributed by atoms with van der Waals surface area (Å²) in [7, 11) is 0. The minimum absolute atomic E-state index is 0.323. The molecule has 126 valence electrons. The Morgan fingerprint density at radius 2 is 1.84 bits per heavy atom. The Morgan fingerprint density at radius 3 is 2.52 bits per heavy atom. The molecule has 0 fully saturated rings. The summed E-state index contributed by atoms with van der Waals surface area (Å²) in [5.74, 6) is -1.58. The van der Waals surface area contributed by atoms with Crippen molar-refractivity contribution in [3.05, 3.63) is 70.2 Å². The molecular formula is C19H14Cl2N2O2. The maximum atomic E-state index is 12.6. The lowest BCUT2D eigenvalue weighted by Gasteiger charge is -2.12. The Hall–Kier alpha value is -2.43. The molecule has 0 aliphatic carbocycles. The van der Waals surface area contributed by atoms with Gasteiger partial charge in [0, 0.05) is 0 Å². The van der Waals surface area contributed by atoms with Gasteiger partial charge in [0.1, 0.15) is 5.92 Å². The lowest BCUT2D eigenvalue weighted by atomic mass is 9.98. The number of halogens is 2. The topological polar surface area (TPSA) is 49.7 Å². The molecule has 0 saturated heterocycles. The van der Waals surface area contributed by atoms with Crippen LogP contribution in [0.1, 0.15) is 12.5 Å². The molecular weight excluding hydrogens is 359 g/mol. The summed E-state index contributed by atoms with van der Waals surface area (Å²) >= 11 is 11.8. The van der Waals surface area contributed by atoms with E-state index in [1.165, 1.54) is 11.1 Å². The molecule has 1 unspecified atom stereocenters. The van der Waals surface area contributed by atoms with Crippen LogP contribution in [-0.4, -0.2) is 17.4 Å². The highest BCUT2D eigenvalue weighted by Gasteiger charge is 2.38. The zero-order valence-corrected chi connectivity index (χ0v) is 14.8. The molecule has 2 aromatic rings. The first kappa shape index (κ1) is 17.4. The molecule has 4 nitrogen and oxygen atoms in total. The van der Waals surface area contributed by atoms with Gasteiger partial charge in [-0.2, -0.15) is 10.1 Å². The number of carbonyl (C=O) groups excluding carboxylic acids is 2. The molecule has 25 heavy (non-hydrogen) atoms. The normalized spacial score (nSPS) is 17.2. The molecule has 0 aromatic heterocycles.